The number of benzene rings is 2. The Morgan fingerprint density at radius 3 is 2.56 bits per heavy atom. The van der Waals surface area contributed by atoms with Crippen LogP contribution in [0.25, 0.3) is 6.08 Å². The van der Waals surface area contributed by atoms with Gasteiger partial charge in [0.25, 0.3) is 0 Å². The van der Waals surface area contributed by atoms with E-state index in [1.807, 2.05) is 0 Å². The summed E-state index contributed by atoms with van der Waals surface area (Å²) in [5.41, 5.74) is 1.000. The molecule has 2 aromatic rings. The van der Waals surface area contributed by atoms with Crippen LogP contribution in [0.5, 0.6) is 11.5 Å². The lowest BCUT2D eigenvalue weighted by Crippen LogP contribution is -2.05. The number of alkyl halides is 2. The molecule has 0 spiro atoms. The Labute approximate surface area is 162 Å². The minimum absolute atomic E-state index is 0.0284. The van der Waals surface area contributed by atoms with E-state index < -0.39 is 12.6 Å². The molecule has 5 nitrogen and oxygen atoms in total. The van der Waals surface area contributed by atoms with E-state index in [2.05, 4.69) is 9.73 Å². The van der Waals surface area contributed by atoms with E-state index in [0.717, 1.165) is 0 Å². The zero-order chi connectivity index (χ0) is 19.6. The van der Waals surface area contributed by atoms with Crippen molar-refractivity contribution in [3.63, 3.8) is 0 Å². The first-order valence-electron chi connectivity index (χ1n) is 7.48. The van der Waals surface area contributed by atoms with Gasteiger partial charge in [0, 0.05) is 5.56 Å². The highest BCUT2D eigenvalue weighted by Crippen LogP contribution is 2.31. The van der Waals surface area contributed by atoms with Crippen LogP contribution in [0.2, 0.25) is 10.0 Å². The Kier molecular flexibility index (Phi) is 5.62. The van der Waals surface area contributed by atoms with Gasteiger partial charge in [-0.2, -0.15) is 8.78 Å². The number of hydrogen-bond donors (Lipinski definition) is 0. The van der Waals surface area contributed by atoms with E-state index in [9.17, 15) is 13.6 Å². The molecule has 1 aliphatic heterocycles. The Bertz CT molecular complexity index is 960. The van der Waals surface area contributed by atoms with Crippen molar-refractivity contribution in [2.45, 2.75) is 6.61 Å². The highest BCUT2D eigenvalue weighted by Gasteiger charge is 2.24. The number of methoxy groups -OCH3 is 1. The van der Waals surface area contributed by atoms with E-state index in [-0.39, 0.29) is 23.1 Å². The molecule has 2 aromatic carbocycles. The quantitative estimate of drug-likeness (QED) is 0.514. The molecule has 27 heavy (non-hydrogen) atoms. The number of nitrogens with zero attached hydrogens (tertiary/aromatic N) is 1. The van der Waals surface area contributed by atoms with E-state index in [1.165, 1.54) is 37.5 Å². The van der Waals surface area contributed by atoms with E-state index in [1.54, 1.807) is 12.1 Å². The molecule has 0 saturated heterocycles. The van der Waals surface area contributed by atoms with Crippen LogP contribution in [0.3, 0.4) is 0 Å². The number of esters is 1. The van der Waals surface area contributed by atoms with Gasteiger partial charge >= 0.3 is 12.6 Å². The third-order valence-corrected chi connectivity index (χ3v) is 4.23. The molecule has 0 unspecified atom stereocenters. The second kappa shape index (κ2) is 7.94. The van der Waals surface area contributed by atoms with Gasteiger partial charge in [-0.1, -0.05) is 29.3 Å². The molecule has 0 bridgehead atoms. The minimum atomic E-state index is -2.98. The SMILES string of the molecule is COc1cc(C=C2N=C(c3ccc(Cl)c(Cl)c3)OC2=O)ccc1OC(F)F. The van der Waals surface area contributed by atoms with E-state index in [4.69, 9.17) is 32.7 Å². The fraction of sp³-hybridized carbons (Fsp3) is 0.111. The first-order chi connectivity index (χ1) is 12.9. The standard InChI is InChI=1S/C18H11Cl2F2NO4/c1-25-15-7-9(2-5-14(15)26-18(21)22)6-13-17(24)27-16(23-13)10-3-4-11(19)12(20)8-10/h2-8,18H,1H3. The van der Waals surface area contributed by atoms with Crippen LogP contribution in [0, 0.1) is 0 Å². The summed E-state index contributed by atoms with van der Waals surface area (Å²) >= 11 is 11.8. The van der Waals surface area contributed by atoms with Crippen LogP contribution in [-0.2, 0) is 9.53 Å². The van der Waals surface area contributed by atoms with Crippen LogP contribution in [0.1, 0.15) is 11.1 Å². The summed E-state index contributed by atoms with van der Waals surface area (Å²) in [6, 6.07) is 8.92. The van der Waals surface area contributed by atoms with Gasteiger partial charge < -0.3 is 14.2 Å². The summed E-state index contributed by atoms with van der Waals surface area (Å²) in [5, 5.41) is 0.656. The number of cyclic esters (lactones) is 1. The van der Waals surface area contributed by atoms with E-state index >= 15 is 0 Å². The molecule has 0 radical (unpaired) electrons. The number of halogens is 4. The van der Waals surface area contributed by atoms with Crippen molar-refractivity contribution < 1.29 is 27.8 Å². The van der Waals surface area contributed by atoms with Crippen LogP contribution in [0.4, 0.5) is 8.78 Å². The fourth-order valence-electron chi connectivity index (χ4n) is 2.29. The van der Waals surface area contributed by atoms with Gasteiger partial charge in [-0.15, -0.1) is 0 Å². The van der Waals surface area contributed by atoms with Crippen LogP contribution in [-0.4, -0.2) is 25.6 Å². The molecule has 0 aromatic heterocycles. The van der Waals surface area contributed by atoms with Crippen LogP contribution < -0.4 is 9.47 Å². The van der Waals surface area contributed by atoms with Crippen molar-refractivity contribution in [2.24, 2.45) is 4.99 Å². The summed E-state index contributed by atoms with van der Waals surface area (Å²) in [6.07, 6.45) is 1.43. The summed E-state index contributed by atoms with van der Waals surface area (Å²) < 4.78 is 39.3. The van der Waals surface area contributed by atoms with Crippen LogP contribution >= 0.6 is 23.2 Å². The fourth-order valence-corrected chi connectivity index (χ4v) is 2.59. The summed E-state index contributed by atoms with van der Waals surface area (Å²) in [5.74, 6) is -0.620. The molecule has 0 amide bonds. The topological polar surface area (TPSA) is 57.1 Å². The molecule has 0 aliphatic carbocycles. The van der Waals surface area contributed by atoms with Crippen molar-refractivity contribution in [1.82, 2.24) is 0 Å². The average molecular weight is 414 g/mol. The molecular formula is C18H11Cl2F2NO4. The van der Waals surface area contributed by atoms with Crippen molar-refractivity contribution in [3.05, 3.63) is 63.3 Å². The van der Waals surface area contributed by atoms with Gasteiger partial charge in [-0.05, 0) is 42.0 Å². The Morgan fingerprint density at radius 1 is 1.11 bits per heavy atom. The normalized spacial score (nSPS) is 15.1. The van der Waals surface area contributed by atoms with E-state index in [0.29, 0.717) is 21.2 Å². The smallest absolute Gasteiger partial charge is 0.387 e. The molecule has 140 valence electrons. The van der Waals surface area contributed by atoms with Gasteiger partial charge in [0.1, 0.15) is 0 Å². The lowest BCUT2D eigenvalue weighted by atomic mass is 10.1. The third kappa shape index (κ3) is 4.37. The van der Waals surface area contributed by atoms with Crippen molar-refractivity contribution in [3.8, 4) is 11.5 Å². The number of carbonyl (C=O) groups is 1. The molecule has 0 N–H and O–H groups in total. The number of carbonyl (C=O) groups excluding carboxylic acids is 1. The molecule has 1 heterocycles. The lowest BCUT2D eigenvalue weighted by molar-refractivity contribution is -0.129. The minimum Gasteiger partial charge on any atom is -0.493 e. The number of ether oxygens (including phenoxy) is 3. The molecule has 1 aliphatic rings. The molecule has 0 fully saturated rings. The highest BCUT2D eigenvalue weighted by atomic mass is 35.5. The first-order valence-corrected chi connectivity index (χ1v) is 8.24. The monoisotopic (exact) mass is 413 g/mol. The van der Waals surface area contributed by atoms with Crippen molar-refractivity contribution >= 4 is 41.1 Å². The zero-order valence-electron chi connectivity index (χ0n) is 13.7. The Balaban J connectivity index is 1.91. The Morgan fingerprint density at radius 2 is 1.89 bits per heavy atom. The maximum Gasteiger partial charge on any atom is 0.387 e. The third-order valence-electron chi connectivity index (χ3n) is 3.49. The summed E-state index contributed by atoms with van der Waals surface area (Å²) in [7, 11) is 1.31. The summed E-state index contributed by atoms with van der Waals surface area (Å²) in [6.45, 7) is -2.98. The number of hydrogen-bond acceptors (Lipinski definition) is 5. The second-order valence-electron chi connectivity index (χ2n) is 5.25. The molecule has 0 saturated carbocycles. The maximum absolute atomic E-state index is 12.4. The molecule has 3 rings (SSSR count). The van der Waals surface area contributed by atoms with Crippen LogP contribution in [0.15, 0.2) is 47.1 Å². The van der Waals surface area contributed by atoms with Gasteiger partial charge in [0.05, 0.1) is 17.2 Å². The maximum atomic E-state index is 12.4. The van der Waals surface area contributed by atoms with Gasteiger partial charge in [0.15, 0.2) is 17.2 Å². The Hall–Kier alpha value is -2.64. The molecule has 9 heteroatoms. The van der Waals surface area contributed by atoms with Gasteiger partial charge in [-0.25, -0.2) is 9.79 Å². The largest absolute Gasteiger partial charge is 0.493 e. The number of aliphatic imine (C=N–C) groups is 1. The first kappa shape index (κ1) is 19.1. The lowest BCUT2D eigenvalue weighted by Gasteiger charge is -2.10. The second-order valence-corrected chi connectivity index (χ2v) is 6.07. The van der Waals surface area contributed by atoms with Gasteiger partial charge in [0.2, 0.25) is 5.90 Å². The number of rotatable bonds is 5. The predicted octanol–water partition coefficient (Wildman–Crippen LogP) is 4.95. The van der Waals surface area contributed by atoms with Gasteiger partial charge in [-0.3, -0.25) is 0 Å². The predicted molar refractivity (Wildman–Crippen MR) is 96.7 cm³/mol. The van der Waals surface area contributed by atoms with Crippen molar-refractivity contribution in [1.29, 1.82) is 0 Å². The highest BCUT2D eigenvalue weighted by molar-refractivity contribution is 6.42. The molecule has 0 atom stereocenters. The zero-order valence-corrected chi connectivity index (χ0v) is 15.2. The summed E-state index contributed by atoms with van der Waals surface area (Å²) in [4.78, 5) is 16.2. The molecular weight excluding hydrogens is 403 g/mol. The van der Waals surface area contributed by atoms with Crippen molar-refractivity contribution in [2.75, 3.05) is 7.11 Å². The average Bonchev–Trinajstić information content (AvgIpc) is 2.99.